The van der Waals surface area contributed by atoms with E-state index in [4.69, 9.17) is 5.73 Å². The number of nitrogens with two attached hydrogens (primary N) is 1. The van der Waals surface area contributed by atoms with Gasteiger partial charge < -0.3 is 11.1 Å². The van der Waals surface area contributed by atoms with Crippen molar-refractivity contribution in [2.24, 2.45) is 5.73 Å². The van der Waals surface area contributed by atoms with Gasteiger partial charge in [-0.1, -0.05) is 25.0 Å². The van der Waals surface area contributed by atoms with E-state index in [1.165, 1.54) is 12.1 Å². The Labute approximate surface area is 132 Å². The molecule has 0 unspecified atom stereocenters. The van der Waals surface area contributed by atoms with Crippen molar-refractivity contribution >= 4 is 11.8 Å². The molecule has 0 atom stereocenters. The molecule has 1 heterocycles. The van der Waals surface area contributed by atoms with Crippen molar-refractivity contribution in [1.29, 1.82) is 0 Å². The fourth-order valence-corrected chi connectivity index (χ4v) is 2.94. The van der Waals surface area contributed by atoms with Crippen LogP contribution in [-0.4, -0.2) is 27.6 Å². The molecule has 23 heavy (non-hydrogen) atoms. The minimum Gasteiger partial charge on any atom is -0.368 e. The zero-order valence-corrected chi connectivity index (χ0v) is 12.4. The van der Waals surface area contributed by atoms with Crippen molar-refractivity contribution in [3.05, 3.63) is 41.8 Å². The fraction of sp³-hybridized carbons (Fsp3) is 0.312. The van der Waals surface area contributed by atoms with Gasteiger partial charge in [0.2, 0.25) is 5.91 Å². The molecule has 4 N–H and O–H groups in total. The highest BCUT2D eigenvalue weighted by molar-refractivity contribution is 5.98. The predicted molar refractivity (Wildman–Crippen MR) is 81.8 cm³/mol. The molecule has 7 heteroatoms. The van der Waals surface area contributed by atoms with Crippen LogP contribution in [-0.2, 0) is 4.79 Å². The first-order valence-corrected chi connectivity index (χ1v) is 7.44. The molecule has 120 valence electrons. The highest BCUT2D eigenvalue weighted by Crippen LogP contribution is 2.30. The molecule has 0 radical (unpaired) electrons. The Morgan fingerprint density at radius 3 is 2.61 bits per heavy atom. The maximum atomic E-state index is 13.8. The number of nitrogens with one attached hydrogen (secondary N) is 2. The van der Waals surface area contributed by atoms with Gasteiger partial charge in [0.1, 0.15) is 17.1 Å². The van der Waals surface area contributed by atoms with E-state index >= 15 is 0 Å². The number of carbonyl (C=O) groups excluding carboxylic acids is 2. The van der Waals surface area contributed by atoms with Crippen molar-refractivity contribution in [2.45, 2.75) is 31.2 Å². The molecule has 0 spiro atoms. The van der Waals surface area contributed by atoms with Gasteiger partial charge >= 0.3 is 0 Å². The van der Waals surface area contributed by atoms with Crippen LogP contribution in [0.15, 0.2) is 30.3 Å². The fourth-order valence-electron chi connectivity index (χ4n) is 2.94. The van der Waals surface area contributed by atoms with Crippen LogP contribution < -0.4 is 11.1 Å². The molecule has 1 saturated carbocycles. The van der Waals surface area contributed by atoms with E-state index in [1.54, 1.807) is 18.2 Å². The van der Waals surface area contributed by atoms with Gasteiger partial charge in [-0.15, -0.1) is 0 Å². The minimum absolute atomic E-state index is 0.163. The van der Waals surface area contributed by atoms with Crippen LogP contribution >= 0.6 is 0 Å². The average molecular weight is 316 g/mol. The SMILES string of the molecule is NC(=O)C1(NC(=O)c2cc(-c3ccccc3F)n[nH]2)CCCC1. The molecule has 3 rings (SSSR count). The zero-order chi connectivity index (χ0) is 16.4. The number of carbonyl (C=O) groups is 2. The molecule has 1 aliphatic carbocycles. The molecule has 1 aliphatic rings. The second-order valence-corrected chi connectivity index (χ2v) is 5.75. The summed E-state index contributed by atoms with van der Waals surface area (Å²) in [6, 6.07) is 7.63. The van der Waals surface area contributed by atoms with Crippen molar-refractivity contribution in [1.82, 2.24) is 15.5 Å². The Morgan fingerprint density at radius 1 is 1.26 bits per heavy atom. The van der Waals surface area contributed by atoms with Crippen LogP contribution in [0.4, 0.5) is 4.39 Å². The van der Waals surface area contributed by atoms with E-state index < -0.39 is 23.2 Å². The van der Waals surface area contributed by atoms with Gasteiger partial charge in [0.05, 0.1) is 5.69 Å². The first-order valence-electron chi connectivity index (χ1n) is 7.44. The number of hydrogen-bond acceptors (Lipinski definition) is 3. The molecule has 0 saturated heterocycles. The Hall–Kier alpha value is -2.70. The molecule has 6 nitrogen and oxygen atoms in total. The summed E-state index contributed by atoms with van der Waals surface area (Å²) in [4.78, 5) is 24.0. The first-order chi connectivity index (χ1) is 11.0. The smallest absolute Gasteiger partial charge is 0.270 e. The molecule has 1 aromatic carbocycles. The van der Waals surface area contributed by atoms with E-state index in [1.807, 2.05) is 0 Å². The van der Waals surface area contributed by atoms with Crippen LogP contribution in [0.3, 0.4) is 0 Å². The number of aromatic nitrogens is 2. The van der Waals surface area contributed by atoms with Gasteiger partial charge in [0.15, 0.2) is 0 Å². The highest BCUT2D eigenvalue weighted by atomic mass is 19.1. The van der Waals surface area contributed by atoms with Gasteiger partial charge in [0, 0.05) is 5.56 Å². The Balaban J connectivity index is 1.82. The van der Waals surface area contributed by atoms with Crippen LogP contribution in [0.5, 0.6) is 0 Å². The summed E-state index contributed by atoms with van der Waals surface area (Å²) in [7, 11) is 0. The monoisotopic (exact) mass is 316 g/mol. The minimum atomic E-state index is -1.000. The van der Waals surface area contributed by atoms with Crippen molar-refractivity contribution in [2.75, 3.05) is 0 Å². The number of amides is 2. The number of aromatic amines is 1. The van der Waals surface area contributed by atoms with E-state index in [2.05, 4.69) is 15.5 Å². The predicted octanol–water partition coefficient (Wildman–Crippen LogP) is 1.74. The van der Waals surface area contributed by atoms with E-state index in [0.717, 1.165) is 12.8 Å². The summed E-state index contributed by atoms with van der Waals surface area (Å²) in [6.45, 7) is 0. The number of H-pyrrole nitrogens is 1. The standard InChI is InChI=1S/C16H17FN4O2/c17-11-6-2-1-5-10(11)12-9-13(21-20-12)14(22)19-16(15(18)23)7-3-4-8-16/h1-2,5-6,9H,3-4,7-8H2,(H2,18,23)(H,19,22)(H,20,21). The maximum Gasteiger partial charge on any atom is 0.270 e. The van der Waals surface area contributed by atoms with Gasteiger partial charge in [-0.2, -0.15) is 5.10 Å². The number of benzene rings is 1. The molecular weight excluding hydrogens is 299 g/mol. The molecule has 0 aliphatic heterocycles. The van der Waals surface area contributed by atoms with Gasteiger partial charge in [-0.05, 0) is 31.0 Å². The molecule has 2 aromatic rings. The zero-order valence-electron chi connectivity index (χ0n) is 12.4. The maximum absolute atomic E-state index is 13.8. The highest BCUT2D eigenvalue weighted by Gasteiger charge is 2.41. The summed E-state index contributed by atoms with van der Waals surface area (Å²) in [5, 5.41) is 9.26. The summed E-state index contributed by atoms with van der Waals surface area (Å²) >= 11 is 0. The Kier molecular flexibility index (Phi) is 3.85. The topological polar surface area (TPSA) is 101 Å². The number of hydrogen-bond donors (Lipinski definition) is 3. The summed E-state index contributed by atoms with van der Waals surface area (Å²) in [6.07, 6.45) is 2.74. The molecule has 1 aromatic heterocycles. The molecule has 1 fully saturated rings. The van der Waals surface area contributed by atoms with E-state index in [9.17, 15) is 14.0 Å². The third kappa shape index (κ3) is 2.81. The number of rotatable bonds is 4. The average Bonchev–Trinajstić information content (AvgIpc) is 3.17. The van der Waals surface area contributed by atoms with Gasteiger partial charge in [-0.25, -0.2) is 4.39 Å². The lowest BCUT2D eigenvalue weighted by Crippen LogP contribution is -2.55. The second-order valence-electron chi connectivity index (χ2n) is 5.75. The third-order valence-corrected chi connectivity index (χ3v) is 4.25. The second kappa shape index (κ2) is 5.83. The van der Waals surface area contributed by atoms with Gasteiger partial charge in [-0.3, -0.25) is 14.7 Å². The largest absolute Gasteiger partial charge is 0.368 e. The quantitative estimate of drug-likeness (QED) is 0.801. The summed E-state index contributed by atoms with van der Waals surface area (Å²) in [5.74, 6) is -1.42. The molecule has 2 amide bonds. The molecule has 0 bridgehead atoms. The van der Waals surface area contributed by atoms with Crippen molar-refractivity contribution in [3.63, 3.8) is 0 Å². The van der Waals surface area contributed by atoms with Crippen LogP contribution in [0, 0.1) is 5.82 Å². The normalized spacial score (nSPS) is 16.2. The number of halogens is 1. The lowest BCUT2D eigenvalue weighted by atomic mass is 9.96. The Bertz CT molecular complexity index is 750. The lowest BCUT2D eigenvalue weighted by Gasteiger charge is -2.26. The Morgan fingerprint density at radius 2 is 1.96 bits per heavy atom. The van der Waals surface area contributed by atoms with Crippen LogP contribution in [0.1, 0.15) is 36.2 Å². The molecular formula is C16H17FN4O2. The van der Waals surface area contributed by atoms with Crippen LogP contribution in [0.2, 0.25) is 0 Å². The van der Waals surface area contributed by atoms with E-state index in [-0.39, 0.29) is 5.69 Å². The summed E-state index contributed by atoms with van der Waals surface area (Å²) in [5.41, 5.74) is 5.24. The number of nitrogens with zero attached hydrogens (tertiary/aromatic N) is 1. The number of primary amides is 1. The summed E-state index contributed by atoms with van der Waals surface area (Å²) < 4.78 is 13.8. The third-order valence-electron chi connectivity index (χ3n) is 4.25. The van der Waals surface area contributed by atoms with Crippen LogP contribution in [0.25, 0.3) is 11.3 Å². The van der Waals surface area contributed by atoms with Gasteiger partial charge in [0.25, 0.3) is 5.91 Å². The van der Waals surface area contributed by atoms with Crippen molar-refractivity contribution < 1.29 is 14.0 Å². The lowest BCUT2D eigenvalue weighted by molar-refractivity contribution is -0.123. The van der Waals surface area contributed by atoms with E-state index in [0.29, 0.717) is 24.1 Å². The van der Waals surface area contributed by atoms with Crippen molar-refractivity contribution in [3.8, 4) is 11.3 Å². The first kappa shape index (κ1) is 15.2.